The lowest BCUT2D eigenvalue weighted by Crippen LogP contribution is -2.42. The Kier molecular flexibility index (Phi) is 6.16. The van der Waals surface area contributed by atoms with Crippen LogP contribution in [-0.2, 0) is 9.59 Å². The van der Waals surface area contributed by atoms with E-state index < -0.39 is 0 Å². The summed E-state index contributed by atoms with van der Waals surface area (Å²) in [6, 6.07) is -0.0240. The molecule has 4 nitrogen and oxygen atoms in total. The number of carbonyl (C=O) groups is 2. The van der Waals surface area contributed by atoms with Gasteiger partial charge in [-0.15, -0.1) is 0 Å². The third-order valence-corrected chi connectivity index (χ3v) is 5.58. The van der Waals surface area contributed by atoms with Crippen molar-refractivity contribution in [2.45, 2.75) is 58.9 Å². The molecule has 1 saturated carbocycles. The normalized spacial score (nSPS) is 33.9. The van der Waals surface area contributed by atoms with Gasteiger partial charge in [-0.25, -0.2) is 0 Å². The zero-order valence-electron chi connectivity index (χ0n) is 14.3. The van der Waals surface area contributed by atoms with Crippen LogP contribution in [-0.4, -0.2) is 30.7 Å². The van der Waals surface area contributed by atoms with E-state index in [0.29, 0.717) is 17.5 Å². The van der Waals surface area contributed by atoms with E-state index in [4.69, 9.17) is 5.73 Å². The van der Waals surface area contributed by atoms with Crippen LogP contribution >= 0.6 is 0 Å². The van der Waals surface area contributed by atoms with Gasteiger partial charge < -0.3 is 11.1 Å². The minimum Gasteiger partial charge on any atom is -0.327 e. The number of nitrogens with one attached hydrogen (secondary N) is 1. The van der Waals surface area contributed by atoms with Gasteiger partial charge in [-0.05, 0) is 44.6 Å². The first-order valence-electron chi connectivity index (χ1n) is 8.93. The molecular weight excluding hydrogens is 276 g/mol. The Balaban J connectivity index is 1.82. The molecule has 0 aromatic rings. The van der Waals surface area contributed by atoms with Crippen LogP contribution in [0.15, 0.2) is 0 Å². The minimum atomic E-state index is -0.0240. The number of rotatable bonds is 6. The van der Waals surface area contributed by atoms with Crippen molar-refractivity contribution >= 4 is 11.6 Å². The molecule has 0 bridgehead atoms. The average molecular weight is 308 g/mol. The zero-order chi connectivity index (χ0) is 16.3. The summed E-state index contributed by atoms with van der Waals surface area (Å²) in [6.07, 6.45) is 4.75. The minimum absolute atomic E-state index is 0.0240. The van der Waals surface area contributed by atoms with Crippen molar-refractivity contribution < 1.29 is 9.59 Å². The standard InChI is InChI=1S/C18H32N2O2/c1-11(2)17(21)15-5-4-13(9-16(15)19)8-12(3)18(22)14-6-7-20-10-14/h11-16,20H,4-10,19H2,1-3H3/t12?,13?,14-,15+,16+/m1/s1. The highest BCUT2D eigenvalue weighted by Crippen LogP contribution is 2.34. The van der Waals surface area contributed by atoms with Gasteiger partial charge in [-0.1, -0.05) is 20.8 Å². The third kappa shape index (κ3) is 4.17. The molecule has 0 amide bonds. The Morgan fingerprint density at radius 1 is 1.14 bits per heavy atom. The van der Waals surface area contributed by atoms with Crippen molar-refractivity contribution in [2.24, 2.45) is 35.3 Å². The van der Waals surface area contributed by atoms with Crippen LogP contribution < -0.4 is 11.1 Å². The molecule has 1 saturated heterocycles. The first kappa shape index (κ1) is 17.6. The summed E-state index contributed by atoms with van der Waals surface area (Å²) >= 11 is 0. The molecule has 2 rings (SSSR count). The molecule has 0 spiro atoms. The van der Waals surface area contributed by atoms with Crippen LogP contribution in [0.5, 0.6) is 0 Å². The van der Waals surface area contributed by atoms with Crippen LogP contribution in [0.25, 0.3) is 0 Å². The summed E-state index contributed by atoms with van der Waals surface area (Å²) in [5.41, 5.74) is 6.27. The number of ketones is 2. The molecular formula is C18H32N2O2. The van der Waals surface area contributed by atoms with Crippen LogP contribution in [0.4, 0.5) is 0 Å². The van der Waals surface area contributed by atoms with Gasteiger partial charge in [-0.2, -0.15) is 0 Å². The lowest BCUT2D eigenvalue weighted by molar-refractivity contribution is -0.129. The van der Waals surface area contributed by atoms with E-state index in [9.17, 15) is 9.59 Å². The first-order valence-corrected chi connectivity index (χ1v) is 8.93. The van der Waals surface area contributed by atoms with Crippen molar-refractivity contribution in [2.75, 3.05) is 13.1 Å². The Bertz CT molecular complexity index is 402. The van der Waals surface area contributed by atoms with Crippen molar-refractivity contribution in [1.29, 1.82) is 0 Å². The van der Waals surface area contributed by atoms with Crippen LogP contribution in [0.1, 0.15) is 52.9 Å². The molecule has 0 radical (unpaired) electrons. The number of carbonyl (C=O) groups excluding carboxylic acids is 2. The van der Waals surface area contributed by atoms with Crippen molar-refractivity contribution in [3.63, 3.8) is 0 Å². The summed E-state index contributed by atoms with van der Waals surface area (Å²) in [5.74, 6) is 1.66. The van der Waals surface area contributed by atoms with Crippen molar-refractivity contribution in [1.82, 2.24) is 5.32 Å². The van der Waals surface area contributed by atoms with E-state index in [1.807, 2.05) is 13.8 Å². The van der Waals surface area contributed by atoms with Gasteiger partial charge in [0.25, 0.3) is 0 Å². The fourth-order valence-corrected chi connectivity index (χ4v) is 4.21. The Labute approximate surface area is 134 Å². The summed E-state index contributed by atoms with van der Waals surface area (Å²) in [6.45, 7) is 7.79. The van der Waals surface area contributed by atoms with Gasteiger partial charge in [0.1, 0.15) is 11.6 Å². The van der Waals surface area contributed by atoms with Gasteiger partial charge in [0, 0.05) is 36.3 Å². The molecule has 1 heterocycles. The highest BCUT2D eigenvalue weighted by atomic mass is 16.1. The van der Waals surface area contributed by atoms with Crippen LogP contribution in [0.2, 0.25) is 0 Å². The van der Waals surface area contributed by atoms with Crippen molar-refractivity contribution in [3.8, 4) is 0 Å². The van der Waals surface area contributed by atoms with Gasteiger partial charge in [0.15, 0.2) is 0 Å². The second-order valence-electron chi connectivity index (χ2n) is 7.74. The maximum absolute atomic E-state index is 12.4. The molecule has 0 aromatic carbocycles. The van der Waals surface area contributed by atoms with E-state index in [2.05, 4.69) is 12.2 Å². The first-order chi connectivity index (χ1) is 10.4. The second-order valence-corrected chi connectivity index (χ2v) is 7.74. The molecule has 2 fully saturated rings. The lowest BCUT2D eigenvalue weighted by Gasteiger charge is -2.35. The van der Waals surface area contributed by atoms with Crippen LogP contribution in [0, 0.1) is 29.6 Å². The Morgan fingerprint density at radius 2 is 1.86 bits per heavy atom. The fourth-order valence-electron chi connectivity index (χ4n) is 4.21. The fraction of sp³-hybridized carbons (Fsp3) is 0.889. The molecule has 3 N–H and O–H groups in total. The summed E-state index contributed by atoms with van der Waals surface area (Å²) in [5, 5.41) is 3.27. The predicted octanol–water partition coefficient (Wildman–Crippen LogP) is 2.16. The quantitative estimate of drug-likeness (QED) is 0.789. The summed E-state index contributed by atoms with van der Waals surface area (Å²) < 4.78 is 0. The van der Waals surface area contributed by atoms with E-state index in [1.54, 1.807) is 0 Å². The smallest absolute Gasteiger partial charge is 0.140 e. The van der Waals surface area contributed by atoms with Crippen molar-refractivity contribution in [3.05, 3.63) is 0 Å². The SMILES string of the molecule is CC(C)C(=O)[C@H]1CCC(CC(C)C(=O)[C@@H]2CCNC2)C[C@@H]1N. The van der Waals surface area contributed by atoms with Gasteiger partial charge in [0.05, 0.1) is 0 Å². The summed E-state index contributed by atoms with van der Waals surface area (Å²) in [4.78, 5) is 24.6. The number of Topliss-reactive ketones (excluding diaryl/α,β-unsaturated/α-hetero) is 2. The number of hydrogen-bond donors (Lipinski definition) is 2. The second kappa shape index (κ2) is 7.69. The average Bonchev–Trinajstić information content (AvgIpc) is 3.00. The maximum Gasteiger partial charge on any atom is 0.140 e. The lowest BCUT2D eigenvalue weighted by atomic mass is 9.72. The van der Waals surface area contributed by atoms with Gasteiger partial charge in [0.2, 0.25) is 0 Å². The van der Waals surface area contributed by atoms with E-state index >= 15 is 0 Å². The Morgan fingerprint density at radius 3 is 2.41 bits per heavy atom. The molecule has 0 aromatic heterocycles. The zero-order valence-corrected chi connectivity index (χ0v) is 14.3. The predicted molar refractivity (Wildman–Crippen MR) is 88.4 cm³/mol. The molecule has 2 aliphatic rings. The third-order valence-electron chi connectivity index (χ3n) is 5.58. The van der Waals surface area contributed by atoms with E-state index in [-0.39, 0.29) is 29.7 Å². The monoisotopic (exact) mass is 308 g/mol. The maximum atomic E-state index is 12.4. The molecule has 4 heteroatoms. The van der Waals surface area contributed by atoms with Gasteiger partial charge in [-0.3, -0.25) is 9.59 Å². The van der Waals surface area contributed by atoms with E-state index in [1.165, 1.54) is 0 Å². The highest BCUT2D eigenvalue weighted by Gasteiger charge is 2.35. The molecule has 1 aliphatic carbocycles. The molecule has 1 aliphatic heterocycles. The number of nitrogens with two attached hydrogens (primary N) is 1. The van der Waals surface area contributed by atoms with E-state index in [0.717, 1.165) is 45.2 Å². The highest BCUT2D eigenvalue weighted by molar-refractivity contribution is 5.84. The molecule has 2 unspecified atom stereocenters. The molecule has 126 valence electrons. The van der Waals surface area contributed by atoms with Crippen LogP contribution in [0.3, 0.4) is 0 Å². The molecule has 22 heavy (non-hydrogen) atoms. The summed E-state index contributed by atoms with van der Waals surface area (Å²) in [7, 11) is 0. The number of hydrogen-bond acceptors (Lipinski definition) is 4. The largest absolute Gasteiger partial charge is 0.327 e. The Hall–Kier alpha value is -0.740. The topological polar surface area (TPSA) is 72.2 Å². The molecule has 5 atom stereocenters. The van der Waals surface area contributed by atoms with Gasteiger partial charge >= 0.3 is 0 Å².